The third-order valence-electron chi connectivity index (χ3n) is 7.40. The monoisotopic (exact) mass is 429 g/mol. The maximum atomic E-state index is 12.9. The SMILES string of the molecule is Cc1cc(N2CC3CC3C2)ncc1Cn1cc(C(=O)C[C@@H]2CCc3c2ccnc3N)nn1. The summed E-state index contributed by atoms with van der Waals surface area (Å²) in [6.45, 7) is 4.94. The molecule has 2 unspecified atom stereocenters. The number of ketones is 1. The molecular formula is C24H27N7O. The zero-order valence-corrected chi connectivity index (χ0v) is 18.2. The Hall–Kier alpha value is -3.29. The Labute approximate surface area is 186 Å². The highest BCUT2D eigenvalue weighted by Gasteiger charge is 2.45. The van der Waals surface area contributed by atoms with Gasteiger partial charge in [-0.3, -0.25) is 4.79 Å². The molecular weight excluding hydrogens is 402 g/mol. The number of rotatable bonds is 6. The van der Waals surface area contributed by atoms with E-state index in [0.717, 1.165) is 60.3 Å². The van der Waals surface area contributed by atoms with Crippen molar-refractivity contribution >= 4 is 17.4 Å². The van der Waals surface area contributed by atoms with Crippen molar-refractivity contribution in [2.45, 2.75) is 45.1 Å². The average Bonchev–Trinajstić information content (AvgIpc) is 3.17. The molecule has 3 aromatic heterocycles. The molecule has 1 saturated carbocycles. The Morgan fingerprint density at radius 1 is 1.25 bits per heavy atom. The first-order valence-corrected chi connectivity index (χ1v) is 11.4. The smallest absolute Gasteiger partial charge is 0.185 e. The first-order chi connectivity index (χ1) is 15.5. The number of fused-ring (bicyclic) bond motifs is 2. The van der Waals surface area contributed by atoms with Crippen LogP contribution in [0.1, 0.15) is 57.9 Å². The standard InChI is InChI=1S/C24H27N7O/c1-14-6-23(30-10-16-7-17(16)11-30)27-9-18(14)12-31-13-21(28-29-31)22(32)8-15-2-3-20-19(15)4-5-26-24(20)25/h4-6,9,13,15-17H,2-3,7-8,10-12H2,1H3,(H2,25,26)/t15-,16?,17?/m0/s1. The molecule has 3 aliphatic rings. The number of nitrogens with two attached hydrogens (primary N) is 1. The lowest BCUT2D eigenvalue weighted by Gasteiger charge is -2.20. The predicted octanol–water partition coefficient (Wildman–Crippen LogP) is 2.77. The molecule has 0 radical (unpaired) electrons. The minimum atomic E-state index is 0.0160. The molecule has 2 fully saturated rings. The van der Waals surface area contributed by atoms with Gasteiger partial charge in [0, 0.05) is 31.9 Å². The Bertz CT molecular complexity index is 1190. The number of anilines is 2. The van der Waals surface area contributed by atoms with Gasteiger partial charge in [0.25, 0.3) is 0 Å². The van der Waals surface area contributed by atoms with E-state index < -0.39 is 0 Å². The molecule has 164 valence electrons. The summed E-state index contributed by atoms with van der Waals surface area (Å²) in [5.74, 6) is 3.61. The number of hydrogen-bond acceptors (Lipinski definition) is 7. The highest BCUT2D eigenvalue weighted by molar-refractivity contribution is 5.94. The molecule has 8 heteroatoms. The molecule has 32 heavy (non-hydrogen) atoms. The molecule has 1 aliphatic heterocycles. The van der Waals surface area contributed by atoms with Gasteiger partial charge in [0.15, 0.2) is 5.78 Å². The van der Waals surface area contributed by atoms with E-state index in [9.17, 15) is 4.79 Å². The summed E-state index contributed by atoms with van der Waals surface area (Å²) in [6.07, 6.45) is 9.01. The molecule has 6 rings (SSSR count). The van der Waals surface area contributed by atoms with Crippen LogP contribution in [-0.4, -0.2) is 43.8 Å². The number of carbonyl (C=O) groups excluding carboxylic acids is 1. The Balaban J connectivity index is 1.12. The second-order valence-corrected chi connectivity index (χ2v) is 9.56. The Kier molecular flexibility index (Phi) is 4.48. The Morgan fingerprint density at radius 2 is 2.09 bits per heavy atom. The second kappa shape index (κ2) is 7.39. The van der Waals surface area contributed by atoms with Crippen molar-refractivity contribution in [3.05, 3.63) is 58.7 Å². The van der Waals surface area contributed by atoms with Crippen LogP contribution in [0.15, 0.2) is 30.7 Å². The number of Topliss-reactive ketones (excluding diaryl/α,β-unsaturated/α-hetero) is 1. The van der Waals surface area contributed by atoms with Crippen LogP contribution in [0, 0.1) is 18.8 Å². The molecule has 2 N–H and O–H groups in total. The zero-order valence-electron chi connectivity index (χ0n) is 18.2. The van der Waals surface area contributed by atoms with E-state index >= 15 is 0 Å². The highest BCUT2D eigenvalue weighted by atomic mass is 16.1. The largest absolute Gasteiger partial charge is 0.383 e. The van der Waals surface area contributed by atoms with Crippen LogP contribution in [-0.2, 0) is 13.0 Å². The van der Waals surface area contributed by atoms with Crippen molar-refractivity contribution in [1.29, 1.82) is 0 Å². The molecule has 0 bridgehead atoms. The van der Waals surface area contributed by atoms with E-state index in [1.807, 2.05) is 12.3 Å². The van der Waals surface area contributed by atoms with Crippen LogP contribution in [0.3, 0.4) is 0 Å². The summed E-state index contributed by atoms with van der Waals surface area (Å²) in [5.41, 5.74) is 10.9. The van der Waals surface area contributed by atoms with Crippen LogP contribution in [0.25, 0.3) is 0 Å². The quantitative estimate of drug-likeness (QED) is 0.601. The zero-order chi connectivity index (χ0) is 21.8. The third-order valence-corrected chi connectivity index (χ3v) is 7.40. The molecule has 3 atom stereocenters. The van der Waals surface area contributed by atoms with Gasteiger partial charge in [-0.25, -0.2) is 14.6 Å². The molecule has 3 aromatic rings. The van der Waals surface area contributed by atoms with Crippen molar-refractivity contribution in [3.8, 4) is 0 Å². The molecule has 0 spiro atoms. The van der Waals surface area contributed by atoms with E-state index in [2.05, 4.69) is 33.2 Å². The lowest BCUT2D eigenvalue weighted by molar-refractivity contribution is 0.0968. The van der Waals surface area contributed by atoms with E-state index in [0.29, 0.717) is 24.5 Å². The maximum Gasteiger partial charge on any atom is 0.185 e. The van der Waals surface area contributed by atoms with E-state index in [1.165, 1.54) is 12.0 Å². The minimum absolute atomic E-state index is 0.0160. The van der Waals surface area contributed by atoms with Crippen molar-refractivity contribution in [3.63, 3.8) is 0 Å². The molecule has 1 saturated heterocycles. The minimum Gasteiger partial charge on any atom is -0.383 e. The van der Waals surface area contributed by atoms with Crippen molar-refractivity contribution in [2.75, 3.05) is 23.7 Å². The van der Waals surface area contributed by atoms with Gasteiger partial charge in [-0.15, -0.1) is 5.10 Å². The van der Waals surface area contributed by atoms with Crippen LogP contribution < -0.4 is 10.6 Å². The normalized spacial score (nSPS) is 23.3. The van der Waals surface area contributed by atoms with Crippen LogP contribution in [0.5, 0.6) is 0 Å². The van der Waals surface area contributed by atoms with Crippen LogP contribution >= 0.6 is 0 Å². The molecule has 4 heterocycles. The van der Waals surface area contributed by atoms with E-state index in [-0.39, 0.29) is 11.7 Å². The first-order valence-electron chi connectivity index (χ1n) is 11.4. The van der Waals surface area contributed by atoms with Crippen molar-refractivity contribution < 1.29 is 4.79 Å². The molecule has 8 nitrogen and oxygen atoms in total. The van der Waals surface area contributed by atoms with Crippen LogP contribution in [0.2, 0.25) is 0 Å². The summed E-state index contributed by atoms with van der Waals surface area (Å²) in [6, 6.07) is 4.15. The number of hydrogen-bond donors (Lipinski definition) is 1. The molecule has 0 amide bonds. The number of nitrogen functional groups attached to an aromatic ring is 1. The van der Waals surface area contributed by atoms with Gasteiger partial charge in [-0.05, 0) is 78.3 Å². The summed E-state index contributed by atoms with van der Waals surface area (Å²) >= 11 is 0. The maximum absolute atomic E-state index is 12.9. The predicted molar refractivity (Wildman–Crippen MR) is 121 cm³/mol. The van der Waals surface area contributed by atoms with Gasteiger partial charge in [0.2, 0.25) is 0 Å². The van der Waals surface area contributed by atoms with Gasteiger partial charge in [-0.2, -0.15) is 0 Å². The van der Waals surface area contributed by atoms with Crippen LogP contribution in [0.4, 0.5) is 11.6 Å². The topological polar surface area (TPSA) is 103 Å². The Morgan fingerprint density at radius 3 is 2.91 bits per heavy atom. The second-order valence-electron chi connectivity index (χ2n) is 9.56. The number of aromatic nitrogens is 5. The van der Waals surface area contributed by atoms with E-state index in [4.69, 9.17) is 10.7 Å². The summed E-state index contributed by atoms with van der Waals surface area (Å²) in [7, 11) is 0. The first kappa shape index (κ1) is 19.4. The number of aryl methyl sites for hydroxylation is 1. The average molecular weight is 430 g/mol. The van der Waals surface area contributed by atoms with Gasteiger partial charge in [0.05, 0.1) is 12.7 Å². The van der Waals surface area contributed by atoms with E-state index in [1.54, 1.807) is 17.1 Å². The molecule has 0 aromatic carbocycles. The van der Waals surface area contributed by atoms with Gasteiger partial charge in [-0.1, -0.05) is 5.21 Å². The fourth-order valence-corrected chi connectivity index (χ4v) is 5.36. The number of carbonyl (C=O) groups is 1. The van der Waals surface area contributed by atoms with Crippen molar-refractivity contribution in [1.82, 2.24) is 25.0 Å². The fourth-order valence-electron chi connectivity index (χ4n) is 5.36. The number of nitrogens with zero attached hydrogens (tertiary/aromatic N) is 6. The number of pyridine rings is 2. The lowest BCUT2D eigenvalue weighted by Crippen LogP contribution is -2.23. The third kappa shape index (κ3) is 3.43. The van der Waals surface area contributed by atoms with Crippen molar-refractivity contribution in [2.24, 2.45) is 11.8 Å². The molecule has 2 aliphatic carbocycles. The summed E-state index contributed by atoms with van der Waals surface area (Å²) < 4.78 is 1.73. The van der Waals surface area contributed by atoms with Gasteiger partial charge >= 0.3 is 0 Å². The summed E-state index contributed by atoms with van der Waals surface area (Å²) in [5, 5.41) is 8.35. The van der Waals surface area contributed by atoms with Gasteiger partial charge in [0.1, 0.15) is 17.3 Å². The highest BCUT2D eigenvalue weighted by Crippen LogP contribution is 2.46. The van der Waals surface area contributed by atoms with Gasteiger partial charge < -0.3 is 10.6 Å². The number of piperidine rings is 1. The lowest BCUT2D eigenvalue weighted by atomic mass is 9.95. The fraction of sp³-hybridized carbons (Fsp3) is 0.458. The summed E-state index contributed by atoms with van der Waals surface area (Å²) in [4.78, 5) is 24.1.